The lowest BCUT2D eigenvalue weighted by molar-refractivity contribution is -0.117. The number of hydrogen-bond acceptors (Lipinski definition) is 2. The Bertz CT molecular complexity index is 593. The minimum Gasteiger partial charge on any atom is -0.323 e. The van der Waals surface area contributed by atoms with Crippen LogP contribution in [0.4, 0.5) is 5.69 Å². The third kappa shape index (κ3) is 4.31. The molecular weight excluding hydrogens is 284 g/mol. The predicted octanol–water partition coefficient (Wildman–Crippen LogP) is 3.55. The third-order valence-corrected chi connectivity index (χ3v) is 3.71. The van der Waals surface area contributed by atoms with Gasteiger partial charge < -0.3 is 11.1 Å². The Balaban J connectivity index is 1.94. The van der Waals surface area contributed by atoms with E-state index in [9.17, 15) is 4.79 Å². The molecule has 3 N–H and O–H groups in total. The second-order valence-electron chi connectivity index (χ2n) is 5.05. The molecule has 0 aliphatic rings. The molecule has 0 saturated carbocycles. The fourth-order valence-electron chi connectivity index (χ4n) is 2.10. The number of hydrogen-bond donors (Lipinski definition) is 2. The van der Waals surface area contributed by atoms with E-state index in [-0.39, 0.29) is 5.91 Å². The van der Waals surface area contributed by atoms with Crippen molar-refractivity contribution in [3.05, 3.63) is 64.7 Å². The molecule has 21 heavy (non-hydrogen) atoms. The van der Waals surface area contributed by atoms with Gasteiger partial charge in [0.1, 0.15) is 0 Å². The molecular formula is C17H19ClN2O. The van der Waals surface area contributed by atoms with Crippen LogP contribution in [0.2, 0.25) is 5.02 Å². The fraction of sp³-hybridized carbons (Fsp3) is 0.235. The van der Waals surface area contributed by atoms with Gasteiger partial charge in [-0.1, -0.05) is 54.1 Å². The molecule has 0 radical (unpaired) electrons. The highest BCUT2D eigenvalue weighted by Crippen LogP contribution is 2.25. The molecule has 3 nitrogen and oxygen atoms in total. The molecule has 0 spiro atoms. The molecule has 0 heterocycles. The number of anilines is 1. The van der Waals surface area contributed by atoms with Gasteiger partial charge in [-0.25, -0.2) is 0 Å². The summed E-state index contributed by atoms with van der Waals surface area (Å²) in [6, 6.07) is 14.9. The monoisotopic (exact) mass is 302 g/mol. The van der Waals surface area contributed by atoms with Crippen LogP contribution in [0, 0.1) is 6.92 Å². The Morgan fingerprint density at radius 2 is 1.90 bits per heavy atom. The molecule has 0 unspecified atom stereocenters. The average molecular weight is 303 g/mol. The number of aryl methyl sites for hydroxylation is 2. The highest BCUT2D eigenvalue weighted by molar-refractivity contribution is 6.34. The first-order valence-electron chi connectivity index (χ1n) is 6.93. The van der Waals surface area contributed by atoms with Crippen molar-refractivity contribution in [1.29, 1.82) is 0 Å². The number of nitrogens with two attached hydrogens (primary N) is 1. The van der Waals surface area contributed by atoms with Gasteiger partial charge in [0.05, 0.1) is 16.8 Å². The second kappa shape index (κ2) is 7.25. The highest BCUT2D eigenvalue weighted by atomic mass is 35.5. The molecule has 4 heteroatoms. The average Bonchev–Trinajstić information content (AvgIpc) is 2.49. The van der Waals surface area contributed by atoms with Crippen molar-refractivity contribution in [3.8, 4) is 0 Å². The molecule has 2 aromatic carbocycles. The van der Waals surface area contributed by atoms with Gasteiger partial charge in [0, 0.05) is 0 Å². The van der Waals surface area contributed by atoms with Crippen LogP contribution in [-0.2, 0) is 11.2 Å². The number of carbonyl (C=O) groups is 1. The summed E-state index contributed by atoms with van der Waals surface area (Å²) in [5, 5.41) is 3.35. The van der Waals surface area contributed by atoms with Crippen LogP contribution in [-0.4, -0.2) is 11.9 Å². The van der Waals surface area contributed by atoms with Crippen LogP contribution in [0.15, 0.2) is 48.5 Å². The Labute approximate surface area is 130 Å². The van der Waals surface area contributed by atoms with Crippen LogP contribution in [0.25, 0.3) is 0 Å². The van der Waals surface area contributed by atoms with Crippen molar-refractivity contribution in [1.82, 2.24) is 0 Å². The maximum atomic E-state index is 12.1. The van der Waals surface area contributed by atoms with Crippen molar-refractivity contribution in [2.75, 3.05) is 5.32 Å². The lowest BCUT2D eigenvalue weighted by atomic mass is 10.1. The maximum Gasteiger partial charge on any atom is 0.241 e. The summed E-state index contributed by atoms with van der Waals surface area (Å²) in [5.41, 5.74) is 8.69. The van der Waals surface area contributed by atoms with Gasteiger partial charge in [-0.05, 0) is 37.0 Å². The molecule has 0 aliphatic carbocycles. The number of halogens is 1. The summed E-state index contributed by atoms with van der Waals surface area (Å²) >= 11 is 6.10. The normalized spacial score (nSPS) is 12.0. The molecule has 110 valence electrons. The van der Waals surface area contributed by atoms with Gasteiger partial charge in [0.15, 0.2) is 0 Å². The summed E-state index contributed by atoms with van der Waals surface area (Å²) in [6.07, 6.45) is 1.37. The molecule has 2 aromatic rings. The molecule has 0 bridgehead atoms. The summed E-state index contributed by atoms with van der Waals surface area (Å²) in [7, 11) is 0. The number of para-hydroxylation sites is 1. The molecule has 0 saturated heterocycles. The van der Waals surface area contributed by atoms with E-state index in [1.165, 1.54) is 5.56 Å². The highest BCUT2D eigenvalue weighted by Gasteiger charge is 2.15. The lowest BCUT2D eigenvalue weighted by Gasteiger charge is -2.14. The van der Waals surface area contributed by atoms with E-state index in [0.717, 1.165) is 12.0 Å². The van der Waals surface area contributed by atoms with E-state index in [0.29, 0.717) is 17.1 Å². The smallest absolute Gasteiger partial charge is 0.241 e. The second-order valence-corrected chi connectivity index (χ2v) is 5.46. The summed E-state index contributed by atoms with van der Waals surface area (Å²) < 4.78 is 0. The topological polar surface area (TPSA) is 55.1 Å². The molecule has 1 amide bonds. The third-order valence-electron chi connectivity index (χ3n) is 3.39. The standard InChI is InChI=1S/C17H19ClN2O/c1-12-6-5-9-14(18)16(12)20-17(21)15(19)11-10-13-7-3-2-4-8-13/h2-9,15H,10-11,19H2,1H3,(H,20,21)/t15-/m0/s1. The predicted molar refractivity (Wildman–Crippen MR) is 87.6 cm³/mol. The first-order chi connectivity index (χ1) is 10.1. The van der Waals surface area contributed by atoms with E-state index in [1.54, 1.807) is 6.07 Å². The van der Waals surface area contributed by atoms with Crippen molar-refractivity contribution < 1.29 is 4.79 Å². The maximum absolute atomic E-state index is 12.1. The molecule has 2 rings (SSSR count). The summed E-state index contributed by atoms with van der Waals surface area (Å²) in [4.78, 5) is 12.1. The van der Waals surface area contributed by atoms with Crippen LogP contribution < -0.4 is 11.1 Å². The zero-order chi connectivity index (χ0) is 15.2. The summed E-state index contributed by atoms with van der Waals surface area (Å²) in [6.45, 7) is 1.90. The van der Waals surface area contributed by atoms with E-state index in [4.69, 9.17) is 17.3 Å². The van der Waals surface area contributed by atoms with E-state index >= 15 is 0 Å². The summed E-state index contributed by atoms with van der Waals surface area (Å²) in [5.74, 6) is -0.206. The first kappa shape index (κ1) is 15.5. The van der Waals surface area contributed by atoms with Crippen molar-refractivity contribution in [3.63, 3.8) is 0 Å². The SMILES string of the molecule is Cc1cccc(Cl)c1NC(=O)[C@@H](N)CCc1ccccc1. The van der Waals surface area contributed by atoms with Crippen molar-refractivity contribution >= 4 is 23.2 Å². The van der Waals surface area contributed by atoms with Gasteiger partial charge in [-0.15, -0.1) is 0 Å². The number of rotatable bonds is 5. The number of nitrogens with one attached hydrogen (secondary N) is 1. The Morgan fingerprint density at radius 3 is 2.57 bits per heavy atom. The molecule has 0 aromatic heterocycles. The molecule has 0 fully saturated rings. The van der Waals surface area contributed by atoms with E-state index in [1.807, 2.05) is 49.4 Å². The number of carbonyl (C=O) groups excluding carboxylic acids is 1. The molecule has 0 aliphatic heterocycles. The van der Waals surface area contributed by atoms with Crippen LogP contribution >= 0.6 is 11.6 Å². The molecule has 1 atom stereocenters. The quantitative estimate of drug-likeness (QED) is 0.887. The van der Waals surface area contributed by atoms with Gasteiger partial charge >= 0.3 is 0 Å². The van der Waals surface area contributed by atoms with E-state index in [2.05, 4.69) is 5.32 Å². The van der Waals surface area contributed by atoms with Crippen molar-refractivity contribution in [2.24, 2.45) is 5.73 Å². The fourth-order valence-corrected chi connectivity index (χ4v) is 2.37. The van der Waals surface area contributed by atoms with Gasteiger partial charge in [-0.2, -0.15) is 0 Å². The Kier molecular flexibility index (Phi) is 5.37. The Hall–Kier alpha value is -1.84. The minimum absolute atomic E-state index is 0.206. The van der Waals surface area contributed by atoms with Gasteiger partial charge in [0.2, 0.25) is 5.91 Å². The van der Waals surface area contributed by atoms with E-state index < -0.39 is 6.04 Å². The lowest BCUT2D eigenvalue weighted by Crippen LogP contribution is -2.36. The van der Waals surface area contributed by atoms with Crippen LogP contribution in [0.1, 0.15) is 17.5 Å². The zero-order valence-corrected chi connectivity index (χ0v) is 12.7. The Morgan fingerprint density at radius 1 is 1.19 bits per heavy atom. The minimum atomic E-state index is -0.555. The largest absolute Gasteiger partial charge is 0.323 e. The van der Waals surface area contributed by atoms with Crippen molar-refractivity contribution in [2.45, 2.75) is 25.8 Å². The zero-order valence-electron chi connectivity index (χ0n) is 12.0. The number of benzene rings is 2. The number of amides is 1. The first-order valence-corrected chi connectivity index (χ1v) is 7.31. The van der Waals surface area contributed by atoms with Crippen LogP contribution in [0.5, 0.6) is 0 Å². The van der Waals surface area contributed by atoms with Gasteiger partial charge in [0.25, 0.3) is 0 Å². The van der Waals surface area contributed by atoms with Crippen LogP contribution in [0.3, 0.4) is 0 Å². The van der Waals surface area contributed by atoms with Gasteiger partial charge in [-0.3, -0.25) is 4.79 Å².